The number of aromatic nitrogens is 1. The van der Waals surface area contributed by atoms with Gasteiger partial charge in [0.1, 0.15) is 17.6 Å². The molecule has 2 aromatic rings. The van der Waals surface area contributed by atoms with Crippen molar-refractivity contribution in [3.63, 3.8) is 0 Å². The van der Waals surface area contributed by atoms with Gasteiger partial charge in [-0.3, -0.25) is 4.98 Å². The van der Waals surface area contributed by atoms with Crippen LogP contribution in [-0.2, 0) is 15.7 Å². The normalized spacial score (nSPS) is 12.3. The van der Waals surface area contributed by atoms with Gasteiger partial charge in [0.05, 0.1) is 31.5 Å². The molecule has 6 nitrogen and oxygen atoms in total. The monoisotopic (exact) mass is 424 g/mol. The number of hydrogen-bond donors (Lipinski definition) is 0. The van der Waals surface area contributed by atoms with Crippen molar-refractivity contribution >= 4 is 5.69 Å². The third-order valence-corrected chi connectivity index (χ3v) is 4.07. The molecule has 162 valence electrons. The second-order valence-electron chi connectivity index (χ2n) is 6.30. The maximum absolute atomic E-state index is 13.2. The Bertz CT molecular complexity index is 853. The number of halogens is 3. The summed E-state index contributed by atoms with van der Waals surface area (Å²) in [6, 6.07) is 5.05. The highest BCUT2D eigenvalue weighted by molar-refractivity contribution is 5.56. The summed E-state index contributed by atoms with van der Waals surface area (Å²) < 4.78 is 61.1. The molecule has 0 saturated heterocycles. The van der Waals surface area contributed by atoms with E-state index < -0.39 is 23.5 Å². The van der Waals surface area contributed by atoms with E-state index in [4.69, 9.17) is 25.5 Å². The van der Waals surface area contributed by atoms with Crippen molar-refractivity contribution < 1.29 is 32.1 Å². The summed E-state index contributed by atoms with van der Waals surface area (Å²) >= 11 is 0. The standard InChI is InChI=1S/C21H23F3N2O4/c1-4-5-20(15-10-17(13-26-12-15)29-14-28-9-8-27-3)30-16-6-7-19(25-2)18(11-16)21(22,23)24/h6-7,10-13,20H,4-5,8-9,14H2,1,3H3. The maximum Gasteiger partial charge on any atom is 0.407 e. The number of benzene rings is 1. The lowest BCUT2D eigenvalue weighted by molar-refractivity contribution is -0.137. The van der Waals surface area contributed by atoms with Gasteiger partial charge >= 0.3 is 6.18 Å². The number of pyridine rings is 1. The van der Waals surface area contributed by atoms with E-state index in [2.05, 4.69) is 9.83 Å². The molecule has 30 heavy (non-hydrogen) atoms. The highest BCUT2D eigenvalue weighted by Gasteiger charge is 2.34. The molecule has 1 atom stereocenters. The van der Waals surface area contributed by atoms with Crippen LogP contribution in [0.4, 0.5) is 18.9 Å². The molecule has 2 rings (SSSR count). The topological polar surface area (TPSA) is 54.2 Å². The van der Waals surface area contributed by atoms with Crippen molar-refractivity contribution in [2.45, 2.75) is 32.0 Å². The fraction of sp³-hybridized carbons (Fsp3) is 0.429. The zero-order valence-electron chi connectivity index (χ0n) is 16.7. The van der Waals surface area contributed by atoms with Gasteiger partial charge in [-0.25, -0.2) is 4.85 Å². The van der Waals surface area contributed by atoms with E-state index in [0.29, 0.717) is 30.9 Å². The maximum atomic E-state index is 13.2. The minimum Gasteiger partial charge on any atom is -0.486 e. The Morgan fingerprint density at radius 2 is 1.93 bits per heavy atom. The van der Waals surface area contributed by atoms with Crippen LogP contribution in [0.1, 0.15) is 37.0 Å². The van der Waals surface area contributed by atoms with Crippen LogP contribution in [0.3, 0.4) is 0 Å². The quantitative estimate of drug-likeness (QED) is 0.268. The van der Waals surface area contributed by atoms with Gasteiger partial charge in [-0.05, 0) is 24.6 Å². The van der Waals surface area contributed by atoms with Crippen LogP contribution >= 0.6 is 0 Å². The summed E-state index contributed by atoms with van der Waals surface area (Å²) in [5, 5.41) is 0. The Balaban J connectivity index is 2.16. The van der Waals surface area contributed by atoms with Crippen LogP contribution in [0.25, 0.3) is 4.85 Å². The average molecular weight is 424 g/mol. The minimum absolute atomic E-state index is 0.0147. The second-order valence-corrected chi connectivity index (χ2v) is 6.30. The van der Waals surface area contributed by atoms with Crippen molar-refractivity contribution in [3.05, 3.63) is 59.2 Å². The number of methoxy groups -OCH3 is 1. The van der Waals surface area contributed by atoms with Crippen LogP contribution in [-0.4, -0.2) is 32.1 Å². The van der Waals surface area contributed by atoms with Crippen LogP contribution in [0, 0.1) is 6.57 Å². The first kappa shape index (κ1) is 23.4. The Kier molecular flexibility index (Phi) is 8.89. The van der Waals surface area contributed by atoms with Gasteiger partial charge in [-0.15, -0.1) is 0 Å². The minimum atomic E-state index is -4.64. The number of alkyl halides is 3. The molecule has 1 aromatic heterocycles. The van der Waals surface area contributed by atoms with E-state index in [0.717, 1.165) is 18.6 Å². The summed E-state index contributed by atoms with van der Waals surface area (Å²) in [4.78, 5) is 7.06. The van der Waals surface area contributed by atoms with E-state index in [1.54, 1.807) is 19.4 Å². The van der Waals surface area contributed by atoms with E-state index in [1.807, 2.05) is 6.92 Å². The third kappa shape index (κ3) is 6.90. The van der Waals surface area contributed by atoms with Crippen LogP contribution < -0.4 is 9.47 Å². The molecule has 0 N–H and O–H groups in total. The molecule has 0 aliphatic rings. The summed E-state index contributed by atoms with van der Waals surface area (Å²) in [5.41, 5.74) is -0.824. The Morgan fingerprint density at radius 3 is 2.60 bits per heavy atom. The van der Waals surface area contributed by atoms with Gasteiger partial charge in [-0.1, -0.05) is 19.4 Å². The molecular formula is C21H23F3N2O4. The van der Waals surface area contributed by atoms with Gasteiger partial charge in [-0.2, -0.15) is 13.2 Å². The first-order valence-electron chi connectivity index (χ1n) is 9.28. The molecular weight excluding hydrogens is 401 g/mol. The summed E-state index contributed by atoms with van der Waals surface area (Å²) in [6.45, 7) is 9.72. The van der Waals surface area contributed by atoms with Crippen LogP contribution in [0.5, 0.6) is 11.5 Å². The number of nitrogens with zero attached hydrogens (tertiary/aromatic N) is 2. The van der Waals surface area contributed by atoms with E-state index in [-0.39, 0.29) is 12.5 Å². The molecule has 9 heteroatoms. The number of hydrogen-bond acceptors (Lipinski definition) is 5. The highest BCUT2D eigenvalue weighted by Crippen LogP contribution is 2.39. The van der Waals surface area contributed by atoms with Crippen molar-refractivity contribution in [1.29, 1.82) is 0 Å². The van der Waals surface area contributed by atoms with Crippen molar-refractivity contribution in [2.24, 2.45) is 0 Å². The highest BCUT2D eigenvalue weighted by atomic mass is 19.4. The SMILES string of the molecule is [C-]#[N+]c1ccc(OC(CCC)c2cncc(OCOCCOC)c2)cc1C(F)(F)F. The van der Waals surface area contributed by atoms with Crippen molar-refractivity contribution in [3.8, 4) is 11.5 Å². The van der Waals surface area contributed by atoms with E-state index >= 15 is 0 Å². The number of rotatable bonds is 11. The Hall–Kier alpha value is -2.83. The molecule has 0 radical (unpaired) electrons. The first-order valence-corrected chi connectivity index (χ1v) is 9.28. The lowest BCUT2D eigenvalue weighted by Gasteiger charge is -2.20. The van der Waals surface area contributed by atoms with Gasteiger partial charge in [0, 0.05) is 18.9 Å². The number of ether oxygens (including phenoxy) is 4. The molecule has 0 aliphatic carbocycles. The Morgan fingerprint density at radius 1 is 1.13 bits per heavy atom. The third-order valence-electron chi connectivity index (χ3n) is 4.07. The zero-order valence-corrected chi connectivity index (χ0v) is 16.7. The largest absolute Gasteiger partial charge is 0.486 e. The van der Waals surface area contributed by atoms with Crippen molar-refractivity contribution in [1.82, 2.24) is 4.98 Å². The molecule has 0 spiro atoms. The molecule has 1 heterocycles. The molecule has 0 bridgehead atoms. The molecule has 1 aromatic carbocycles. The van der Waals surface area contributed by atoms with Crippen LogP contribution in [0.2, 0.25) is 0 Å². The summed E-state index contributed by atoms with van der Waals surface area (Å²) in [6.07, 6.45) is -0.781. The van der Waals surface area contributed by atoms with Gasteiger partial charge in [0.15, 0.2) is 12.5 Å². The molecule has 0 saturated carbocycles. The fourth-order valence-electron chi connectivity index (χ4n) is 2.63. The lowest BCUT2D eigenvalue weighted by Crippen LogP contribution is -2.11. The lowest BCUT2D eigenvalue weighted by atomic mass is 10.1. The van der Waals surface area contributed by atoms with Crippen molar-refractivity contribution in [2.75, 3.05) is 27.1 Å². The zero-order chi connectivity index (χ0) is 22.0. The Labute approximate surface area is 173 Å². The predicted molar refractivity (Wildman–Crippen MR) is 104 cm³/mol. The second kappa shape index (κ2) is 11.4. The average Bonchev–Trinajstić information content (AvgIpc) is 2.73. The van der Waals surface area contributed by atoms with Gasteiger partial charge in [0.2, 0.25) is 0 Å². The van der Waals surface area contributed by atoms with Crippen LogP contribution in [0.15, 0.2) is 36.7 Å². The van der Waals surface area contributed by atoms with E-state index in [1.165, 1.54) is 12.3 Å². The predicted octanol–water partition coefficient (Wildman–Crippen LogP) is 5.57. The molecule has 0 amide bonds. The fourth-order valence-corrected chi connectivity index (χ4v) is 2.63. The van der Waals surface area contributed by atoms with E-state index in [9.17, 15) is 13.2 Å². The first-order chi connectivity index (χ1) is 14.4. The summed E-state index contributed by atoms with van der Waals surface area (Å²) in [5.74, 6) is 0.483. The molecule has 0 fully saturated rings. The smallest absolute Gasteiger partial charge is 0.407 e. The van der Waals surface area contributed by atoms with Gasteiger partial charge < -0.3 is 18.9 Å². The van der Waals surface area contributed by atoms with Gasteiger partial charge in [0.25, 0.3) is 0 Å². The molecule has 1 unspecified atom stereocenters. The molecule has 0 aliphatic heterocycles. The summed E-state index contributed by atoms with van der Waals surface area (Å²) in [7, 11) is 1.57.